The molecule has 9 heteroatoms. The first-order valence-electron chi connectivity index (χ1n) is 39.3. The third-order valence-electron chi connectivity index (χ3n) is 23.5. The van der Waals surface area contributed by atoms with Crippen molar-refractivity contribution in [3.63, 3.8) is 0 Å². The first kappa shape index (κ1) is 70.8. The summed E-state index contributed by atoms with van der Waals surface area (Å²) in [7, 11) is 0. The molecule has 111 heavy (non-hydrogen) atoms. The summed E-state index contributed by atoms with van der Waals surface area (Å²) >= 11 is -8.02. The summed E-state index contributed by atoms with van der Waals surface area (Å²) in [6.07, 6.45) is 0. The van der Waals surface area contributed by atoms with Crippen molar-refractivity contribution in [2.45, 2.75) is 69.1 Å². The standard InChI is InChI=1S/C52H60Ge4N2.C50H31N3/c1-53(2,3)39-17-25-43(26-18-39)57(44-27-19-40(20-28-44)54(4,5)6)49-35-15-37-14-34-48-50(36-16-38-13-33-47(49)51(37)52(38)48)58(45-29-21-41(22-30-45)55(7,8)9)46-31-23-42(24-32-46)56(10,11)12;1-2-16-32(17-3-1)51-47-30-45(52-41-26-12-8-18-33(41)34-19-9-13-27-42(34)52)37-22-4-6-24-39(37)49(47)50-40-25-7-5-23-38(40)46(31-48(50)51)53-43-28-14-10-20-35(43)36-21-11-15-29-44(36)53/h13-36H,1-12H3;1-31H. The Morgan fingerprint density at radius 3 is 0.757 bits per heavy atom. The summed E-state index contributed by atoms with van der Waals surface area (Å²) in [6, 6.07) is 126. The molecular weight excluding hydrogens is 1590 g/mol. The van der Waals surface area contributed by atoms with E-state index in [4.69, 9.17) is 0 Å². The maximum atomic E-state index is 2.50. The molecule has 0 saturated heterocycles. The molecule has 0 saturated carbocycles. The third kappa shape index (κ3) is 12.1. The molecule has 0 amide bonds. The van der Waals surface area contributed by atoms with Gasteiger partial charge in [0.05, 0.1) is 44.5 Å². The van der Waals surface area contributed by atoms with Crippen LogP contribution in [0.25, 0.3) is 136 Å². The molecule has 5 nitrogen and oxygen atoms in total. The van der Waals surface area contributed by atoms with Gasteiger partial charge < -0.3 is 13.7 Å². The maximum absolute atomic E-state index is 2.50. The SMILES string of the molecule is [CH3][Ge]([CH3])([CH3])[c]1ccc(N(c2cc[c]([Ge]([CH3])([CH3])[CH3])cc2)c2ccc3ccc4c(N(c5cc[c]([Ge]([CH3])([CH3])[CH3])cc5)c5cc[c]([Ge]([CH3])([CH3])[CH3])cc5)ccc5ccc2c3c54)cc1.c1ccc(-n2c3cc(-n4c5ccccc5c5ccccc54)c4ccccc4c3c3c4ccccc4c(-n4c5ccccc5c5ccccc54)cc32)cc1. The second-order valence-corrected chi connectivity index (χ2v) is 77.1. The monoisotopic (exact) mass is 1680 g/mol. The third-order valence-corrected chi connectivity index (χ3v) is 40.8. The van der Waals surface area contributed by atoms with Crippen LogP contribution in [-0.4, -0.2) is 66.8 Å². The van der Waals surface area contributed by atoms with Crippen LogP contribution in [0.15, 0.2) is 334 Å². The van der Waals surface area contributed by atoms with E-state index in [0.29, 0.717) is 0 Å². The minimum absolute atomic E-state index is 1.14. The molecule has 0 aliphatic rings. The topological polar surface area (TPSA) is 21.3 Å². The van der Waals surface area contributed by atoms with Gasteiger partial charge in [0.25, 0.3) is 0 Å². The number of hydrogen-bond acceptors (Lipinski definition) is 2. The molecule has 0 N–H and O–H groups in total. The quantitative estimate of drug-likeness (QED) is 0.0847. The molecule has 3 heterocycles. The van der Waals surface area contributed by atoms with E-state index in [0.717, 1.165) is 5.69 Å². The zero-order valence-electron chi connectivity index (χ0n) is 65.5. The van der Waals surface area contributed by atoms with Gasteiger partial charge in [-0.05, 0) is 59.3 Å². The molecular formula is C102H91Ge4N5. The van der Waals surface area contributed by atoms with E-state index in [9.17, 15) is 0 Å². The number of benzene rings is 17. The Bertz CT molecular complexity index is 6400. The first-order valence-corrected chi connectivity index (χ1v) is 68.7. The van der Waals surface area contributed by atoms with Gasteiger partial charge in [0, 0.05) is 48.8 Å². The zero-order chi connectivity index (χ0) is 76.0. The number of fused-ring (bicyclic) bond motifs is 13. The molecule has 0 atom stereocenters. The summed E-state index contributed by atoms with van der Waals surface area (Å²) in [5.74, 6) is 29.7. The van der Waals surface area contributed by atoms with E-state index in [1.54, 1.807) is 0 Å². The number of anilines is 6. The average molecular weight is 1680 g/mol. The van der Waals surface area contributed by atoms with Gasteiger partial charge in [-0.15, -0.1) is 0 Å². The van der Waals surface area contributed by atoms with E-state index in [1.165, 1.54) is 182 Å². The molecule has 0 radical (unpaired) electrons. The van der Waals surface area contributed by atoms with Gasteiger partial charge in [-0.25, -0.2) is 0 Å². The van der Waals surface area contributed by atoms with Gasteiger partial charge in [-0.3, -0.25) is 0 Å². The Morgan fingerprint density at radius 1 is 0.198 bits per heavy atom. The van der Waals surface area contributed by atoms with Crippen molar-refractivity contribution < 1.29 is 0 Å². The molecule has 0 fully saturated rings. The fraction of sp³-hybridized carbons (Fsp3) is 0.118. The van der Waals surface area contributed by atoms with Crippen molar-refractivity contribution >= 4 is 224 Å². The van der Waals surface area contributed by atoms with Gasteiger partial charge in [0.1, 0.15) is 0 Å². The molecule has 3 aromatic heterocycles. The Hall–Kier alpha value is -10.5. The second-order valence-electron chi connectivity index (χ2n) is 34.5. The van der Waals surface area contributed by atoms with Gasteiger partial charge in [-0.1, -0.05) is 140 Å². The fourth-order valence-corrected chi connectivity index (χ4v) is 27.5. The Balaban J connectivity index is 0.000000150. The van der Waals surface area contributed by atoms with E-state index < -0.39 is 53.1 Å². The van der Waals surface area contributed by atoms with Gasteiger partial charge >= 0.3 is 362 Å². The molecule has 17 aromatic carbocycles. The summed E-state index contributed by atoms with van der Waals surface area (Å²) in [5.41, 5.74) is 17.9. The van der Waals surface area contributed by atoms with Crippen LogP contribution in [0.1, 0.15) is 0 Å². The predicted molar refractivity (Wildman–Crippen MR) is 496 cm³/mol. The number of aromatic nitrogens is 3. The Morgan fingerprint density at radius 2 is 0.459 bits per heavy atom. The van der Waals surface area contributed by atoms with Crippen molar-refractivity contribution in [2.24, 2.45) is 0 Å². The molecule has 540 valence electrons. The number of nitrogens with zero attached hydrogens (tertiary/aromatic N) is 5. The van der Waals surface area contributed by atoms with Crippen molar-refractivity contribution in [1.82, 2.24) is 13.7 Å². The summed E-state index contributed by atoms with van der Waals surface area (Å²) in [5, 5.41) is 20.3. The van der Waals surface area contributed by atoms with Crippen molar-refractivity contribution in [3.8, 4) is 17.1 Å². The normalized spacial score (nSPS) is 12.5. The van der Waals surface area contributed by atoms with Crippen molar-refractivity contribution in [2.75, 3.05) is 9.80 Å². The second kappa shape index (κ2) is 27.2. The first-order chi connectivity index (χ1) is 53.6. The minimum atomic E-state index is -2.01. The predicted octanol–water partition coefficient (Wildman–Crippen LogP) is 27.0. The van der Waals surface area contributed by atoms with Gasteiger partial charge in [-0.2, -0.15) is 0 Å². The average Bonchev–Trinajstić information content (AvgIpc) is 1.64. The largest absolute Gasteiger partial charge is 0.309 e. The van der Waals surface area contributed by atoms with E-state index in [2.05, 4.69) is 426 Å². The van der Waals surface area contributed by atoms with Crippen LogP contribution in [0.5, 0.6) is 0 Å². The van der Waals surface area contributed by atoms with Gasteiger partial charge in [0.2, 0.25) is 0 Å². The van der Waals surface area contributed by atoms with E-state index in [1.807, 2.05) is 0 Å². The number of rotatable bonds is 13. The summed E-state index contributed by atoms with van der Waals surface area (Å²) < 4.78 is 13.6. The molecule has 0 bridgehead atoms. The van der Waals surface area contributed by atoms with E-state index in [-0.39, 0.29) is 0 Å². The van der Waals surface area contributed by atoms with Gasteiger partial charge in [0.15, 0.2) is 0 Å². The number of para-hydroxylation sites is 5. The smallest absolute Gasteiger partial charge is 0.0568 e. The summed E-state index contributed by atoms with van der Waals surface area (Å²) in [4.78, 5) is 5.00. The van der Waals surface area contributed by atoms with Crippen molar-refractivity contribution in [3.05, 3.63) is 334 Å². The number of hydrogen-bond donors (Lipinski definition) is 0. The summed E-state index contributed by atoms with van der Waals surface area (Å²) in [6.45, 7) is 0. The Labute approximate surface area is 661 Å². The molecule has 0 unspecified atom stereocenters. The van der Waals surface area contributed by atoms with E-state index >= 15 is 0 Å². The van der Waals surface area contributed by atoms with Crippen LogP contribution >= 0.6 is 0 Å². The fourth-order valence-electron chi connectivity index (χ4n) is 17.7. The molecule has 0 spiro atoms. The van der Waals surface area contributed by atoms with Crippen molar-refractivity contribution in [1.29, 1.82) is 0 Å². The minimum Gasteiger partial charge on any atom is -0.309 e. The zero-order valence-corrected chi connectivity index (χ0v) is 73.9. The maximum Gasteiger partial charge on any atom is 0.0568 e. The van der Waals surface area contributed by atoms with Crippen LogP contribution in [0.2, 0.25) is 69.1 Å². The van der Waals surface area contributed by atoms with Crippen LogP contribution in [0, 0.1) is 0 Å². The van der Waals surface area contributed by atoms with Crippen LogP contribution in [0.3, 0.4) is 0 Å². The van der Waals surface area contributed by atoms with Crippen LogP contribution in [0.4, 0.5) is 34.1 Å². The molecule has 20 rings (SSSR count). The van der Waals surface area contributed by atoms with Crippen LogP contribution in [-0.2, 0) is 0 Å². The molecule has 20 aromatic rings. The Kier molecular flexibility index (Phi) is 17.3. The molecule has 0 aliphatic carbocycles. The van der Waals surface area contributed by atoms with Crippen LogP contribution < -0.4 is 27.4 Å². The molecule has 0 aliphatic heterocycles.